The first-order valence-corrected chi connectivity index (χ1v) is 8.78. The van der Waals surface area contributed by atoms with Gasteiger partial charge in [-0.25, -0.2) is 4.90 Å². The quantitative estimate of drug-likeness (QED) is 0.593. The Morgan fingerprint density at radius 3 is 2.42 bits per heavy atom. The molecule has 0 N–H and O–H groups in total. The van der Waals surface area contributed by atoms with Gasteiger partial charge in [0, 0.05) is 19.8 Å². The zero-order valence-corrected chi connectivity index (χ0v) is 14.6. The number of benzene rings is 1. The second kappa shape index (κ2) is 5.39. The summed E-state index contributed by atoms with van der Waals surface area (Å²) in [6.07, 6.45) is 2.65. The van der Waals surface area contributed by atoms with Crippen LogP contribution >= 0.6 is 0 Å². The van der Waals surface area contributed by atoms with Gasteiger partial charge in [-0.15, -0.1) is 0 Å². The van der Waals surface area contributed by atoms with E-state index in [4.69, 9.17) is 14.2 Å². The molecular weight excluding hydrogens is 336 g/mol. The van der Waals surface area contributed by atoms with Crippen molar-refractivity contribution in [1.29, 1.82) is 0 Å². The van der Waals surface area contributed by atoms with Crippen LogP contribution in [0.4, 0.5) is 11.4 Å². The van der Waals surface area contributed by atoms with Gasteiger partial charge in [0.05, 0.1) is 36.8 Å². The molecule has 3 fully saturated rings. The molecule has 7 heteroatoms. The molecule has 0 aromatic heterocycles. The third-order valence-electron chi connectivity index (χ3n) is 5.69. The van der Waals surface area contributed by atoms with Crippen molar-refractivity contribution in [2.24, 2.45) is 11.8 Å². The minimum Gasteiger partial charge on any atom is -0.378 e. The van der Waals surface area contributed by atoms with Crippen molar-refractivity contribution in [3.05, 3.63) is 36.4 Å². The summed E-state index contributed by atoms with van der Waals surface area (Å²) in [6.45, 7) is 0.924. The Balaban J connectivity index is 1.51. The smallest absolute Gasteiger partial charge is 0.241 e. The lowest BCUT2D eigenvalue weighted by molar-refractivity contribution is -0.180. The molecule has 4 atom stereocenters. The van der Waals surface area contributed by atoms with Crippen molar-refractivity contribution in [2.45, 2.75) is 18.0 Å². The molecule has 0 unspecified atom stereocenters. The van der Waals surface area contributed by atoms with Crippen LogP contribution in [0, 0.1) is 11.8 Å². The van der Waals surface area contributed by atoms with Gasteiger partial charge in [0.15, 0.2) is 11.9 Å². The predicted molar refractivity (Wildman–Crippen MR) is 92.7 cm³/mol. The fourth-order valence-corrected chi connectivity index (χ4v) is 4.48. The van der Waals surface area contributed by atoms with E-state index in [9.17, 15) is 9.59 Å². The van der Waals surface area contributed by atoms with Crippen LogP contribution in [-0.4, -0.2) is 57.1 Å². The summed E-state index contributed by atoms with van der Waals surface area (Å²) in [5, 5.41) is 0. The maximum Gasteiger partial charge on any atom is 0.241 e. The Morgan fingerprint density at radius 2 is 1.77 bits per heavy atom. The number of hydrogen-bond acceptors (Lipinski definition) is 6. The number of anilines is 2. The van der Waals surface area contributed by atoms with Crippen molar-refractivity contribution in [3.8, 4) is 0 Å². The number of carbonyl (C=O) groups is 2. The van der Waals surface area contributed by atoms with Gasteiger partial charge in [0.25, 0.3) is 0 Å². The zero-order chi connectivity index (χ0) is 18.1. The van der Waals surface area contributed by atoms with Crippen LogP contribution in [0.2, 0.25) is 0 Å². The van der Waals surface area contributed by atoms with Gasteiger partial charge in [-0.05, 0) is 30.3 Å². The summed E-state index contributed by atoms with van der Waals surface area (Å²) >= 11 is 0. The van der Waals surface area contributed by atoms with Gasteiger partial charge in [-0.3, -0.25) is 9.59 Å². The molecule has 4 heterocycles. The minimum absolute atomic E-state index is 0.216. The van der Waals surface area contributed by atoms with Gasteiger partial charge in [-0.2, -0.15) is 0 Å². The number of ether oxygens (including phenoxy) is 3. The number of nitrogens with zero attached hydrogens (tertiary/aromatic N) is 2. The molecule has 5 rings (SSSR count). The molecule has 1 aromatic rings. The summed E-state index contributed by atoms with van der Waals surface area (Å²) < 4.78 is 17.3. The molecule has 4 aliphatic heterocycles. The molecule has 2 bridgehead atoms. The van der Waals surface area contributed by atoms with Crippen molar-refractivity contribution in [3.63, 3.8) is 0 Å². The molecule has 1 aromatic carbocycles. The molecule has 26 heavy (non-hydrogen) atoms. The lowest BCUT2D eigenvalue weighted by Crippen LogP contribution is -2.49. The molecule has 136 valence electrons. The molecule has 0 aliphatic carbocycles. The van der Waals surface area contributed by atoms with Crippen molar-refractivity contribution < 1.29 is 23.8 Å². The van der Waals surface area contributed by atoms with Crippen LogP contribution in [0.1, 0.15) is 0 Å². The second-order valence-electron chi connectivity index (χ2n) is 7.29. The highest BCUT2D eigenvalue weighted by molar-refractivity contribution is 6.23. The Bertz CT molecular complexity index is 799. The Labute approximate surface area is 151 Å². The summed E-state index contributed by atoms with van der Waals surface area (Å²) in [6, 6.07) is 7.40. The lowest BCUT2D eigenvalue weighted by atomic mass is 9.76. The van der Waals surface area contributed by atoms with E-state index in [1.54, 1.807) is 12.1 Å². The lowest BCUT2D eigenvalue weighted by Gasteiger charge is -2.32. The fourth-order valence-electron chi connectivity index (χ4n) is 4.48. The monoisotopic (exact) mass is 356 g/mol. The minimum atomic E-state index is -1.00. The maximum atomic E-state index is 13.2. The third kappa shape index (κ3) is 1.93. The highest BCUT2D eigenvalue weighted by Crippen LogP contribution is 2.55. The number of imide groups is 1. The molecular formula is C19H20N2O5. The molecule has 0 saturated carbocycles. The normalized spacial score (nSPS) is 35.6. The standard InChI is InChI=1S/C19H20N2O5/c1-20(2)11-3-5-12(6-4-11)21-16(22)14-13-7-8-19(26-13,15(14)17(21)23)18-24-9-10-25-18/h3-8,13-15,18H,9-10H2,1-2H3/t13-,14+,15-,19-/m1/s1. The fraction of sp³-hybridized carbons (Fsp3) is 0.474. The number of hydrogen-bond donors (Lipinski definition) is 0. The van der Waals surface area contributed by atoms with E-state index in [2.05, 4.69) is 0 Å². The largest absolute Gasteiger partial charge is 0.378 e. The molecule has 0 spiro atoms. The van der Waals surface area contributed by atoms with Crippen LogP contribution in [-0.2, 0) is 23.8 Å². The third-order valence-corrected chi connectivity index (χ3v) is 5.69. The first-order valence-electron chi connectivity index (χ1n) is 8.78. The first kappa shape index (κ1) is 16.0. The number of rotatable bonds is 3. The van der Waals surface area contributed by atoms with Gasteiger partial charge >= 0.3 is 0 Å². The van der Waals surface area contributed by atoms with Gasteiger partial charge in [-0.1, -0.05) is 6.08 Å². The van der Waals surface area contributed by atoms with Crippen LogP contribution in [0.3, 0.4) is 0 Å². The summed E-state index contributed by atoms with van der Waals surface area (Å²) in [5.74, 6) is -1.59. The van der Waals surface area contributed by atoms with E-state index in [-0.39, 0.29) is 11.8 Å². The van der Waals surface area contributed by atoms with Crippen molar-refractivity contribution in [1.82, 2.24) is 0 Å². The zero-order valence-electron chi connectivity index (χ0n) is 14.6. The topological polar surface area (TPSA) is 68.3 Å². The van der Waals surface area contributed by atoms with Crippen LogP contribution in [0.5, 0.6) is 0 Å². The van der Waals surface area contributed by atoms with Gasteiger partial charge in [0.2, 0.25) is 11.8 Å². The molecule has 2 amide bonds. The second-order valence-corrected chi connectivity index (χ2v) is 7.29. The predicted octanol–water partition coefficient (Wildman–Crippen LogP) is 0.938. The van der Waals surface area contributed by atoms with E-state index in [0.717, 1.165) is 5.69 Å². The molecule has 0 radical (unpaired) electrons. The Hall–Kier alpha value is -2.22. The summed E-state index contributed by atoms with van der Waals surface area (Å²) in [7, 11) is 3.88. The van der Waals surface area contributed by atoms with Gasteiger partial charge < -0.3 is 19.1 Å². The Kier molecular flexibility index (Phi) is 3.31. The average Bonchev–Trinajstić information content (AvgIpc) is 3.38. The summed E-state index contributed by atoms with van der Waals surface area (Å²) in [4.78, 5) is 29.6. The molecule has 4 aliphatic rings. The van der Waals surface area contributed by atoms with Gasteiger partial charge in [0.1, 0.15) is 0 Å². The maximum absolute atomic E-state index is 13.2. The van der Waals surface area contributed by atoms with Crippen LogP contribution in [0.25, 0.3) is 0 Å². The van der Waals surface area contributed by atoms with Crippen LogP contribution in [0.15, 0.2) is 36.4 Å². The number of fused-ring (bicyclic) bond motifs is 5. The summed E-state index contributed by atoms with van der Waals surface area (Å²) in [5.41, 5.74) is 0.585. The van der Waals surface area contributed by atoms with Crippen molar-refractivity contribution >= 4 is 23.2 Å². The van der Waals surface area contributed by atoms with Crippen LogP contribution < -0.4 is 9.80 Å². The number of carbonyl (C=O) groups excluding carboxylic acids is 2. The Morgan fingerprint density at radius 1 is 1.08 bits per heavy atom. The van der Waals surface area contributed by atoms with Crippen molar-refractivity contribution in [2.75, 3.05) is 37.1 Å². The average molecular weight is 356 g/mol. The highest BCUT2D eigenvalue weighted by atomic mass is 16.7. The highest BCUT2D eigenvalue weighted by Gasteiger charge is 2.71. The van der Waals surface area contributed by atoms with E-state index >= 15 is 0 Å². The molecule has 7 nitrogen and oxygen atoms in total. The van der Waals surface area contributed by atoms with E-state index in [0.29, 0.717) is 18.9 Å². The van der Waals surface area contributed by atoms with E-state index < -0.39 is 29.8 Å². The SMILES string of the molecule is CN(C)c1ccc(N2C(=O)[C@H]3[C@H]4C=C[C@@](C5OCCO5)(O4)[C@H]3C2=O)cc1. The first-order chi connectivity index (χ1) is 12.5. The van der Waals surface area contributed by atoms with E-state index in [1.165, 1.54) is 4.90 Å². The van der Waals surface area contributed by atoms with E-state index in [1.807, 2.05) is 43.3 Å². The number of amides is 2. The molecule has 3 saturated heterocycles.